The first-order valence-corrected chi connectivity index (χ1v) is 7.40. The Morgan fingerprint density at radius 1 is 1.21 bits per heavy atom. The van der Waals surface area contributed by atoms with Crippen molar-refractivity contribution >= 4 is 38.9 Å². The van der Waals surface area contributed by atoms with Gasteiger partial charge in [-0.25, -0.2) is 0 Å². The molecule has 0 fully saturated rings. The van der Waals surface area contributed by atoms with E-state index in [0.29, 0.717) is 21.4 Å². The molecule has 0 saturated carbocycles. The van der Waals surface area contributed by atoms with Gasteiger partial charge in [0.05, 0.1) is 23.0 Å². The smallest absolute Gasteiger partial charge is 0.133 e. The summed E-state index contributed by atoms with van der Waals surface area (Å²) in [6, 6.07) is 7.08. The normalized spacial score (nSPS) is 12.3. The quantitative estimate of drug-likeness (QED) is 0.882. The number of ether oxygens (including phenoxy) is 2. The van der Waals surface area contributed by atoms with E-state index in [2.05, 4.69) is 15.9 Å². The van der Waals surface area contributed by atoms with Crippen LogP contribution in [0.2, 0.25) is 4.34 Å². The first-order chi connectivity index (χ1) is 9.06. The van der Waals surface area contributed by atoms with Gasteiger partial charge in [-0.2, -0.15) is 0 Å². The van der Waals surface area contributed by atoms with Crippen molar-refractivity contribution in [2.24, 2.45) is 0 Å². The van der Waals surface area contributed by atoms with Crippen LogP contribution in [0.15, 0.2) is 28.7 Å². The number of hydrogen-bond acceptors (Lipinski definition) is 4. The van der Waals surface area contributed by atoms with Crippen LogP contribution in [0.25, 0.3) is 0 Å². The number of halogens is 2. The Hall–Kier alpha value is -0.750. The molecule has 2 aromatic rings. The van der Waals surface area contributed by atoms with Gasteiger partial charge >= 0.3 is 0 Å². The largest absolute Gasteiger partial charge is 0.496 e. The lowest BCUT2D eigenvalue weighted by atomic mass is 10.1. The highest BCUT2D eigenvalue weighted by Crippen LogP contribution is 2.40. The van der Waals surface area contributed by atoms with E-state index in [1.54, 1.807) is 38.5 Å². The molecule has 0 radical (unpaired) electrons. The number of benzene rings is 1. The number of rotatable bonds is 4. The molecule has 1 atom stereocenters. The number of aliphatic hydroxyl groups is 1. The third-order valence-electron chi connectivity index (χ3n) is 2.66. The zero-order valence-corrected chi connectivity index (χ0v) is 13.5. The van der Waals surface area contributed by atoms with Crippen LogP contribution in [0.5, 0.6) is 11.5 Å². The van der Waals surface area contributed by atoms with Crippen molar-refractivity contribution in [1.82, 2.24) is 0 Å². The first kappa shape index (κ1) is 14.7. The molecule has 0 saturated heterocycles. The zero-order chi connectivity index (χ0) is 14.0. The van der Waals surface area contributed by atoms with E-state index >= 15 is 0 Å². The van der Waals surface area contributed by atoms with E-state index in [-0.39, 0.29) is 0 Å². The number of aliphatic hydroxyl groups excluding tert-OH is 1. The minimum absolute atomic E-state index is 0.588. The third kappa shape index (κ3) is 3.05. The number of methoxy groups -OCH3 is 2. The van der Waals surface area contributed by atoms with E-state index < -0.39 is 6.10 Å². The Morgan fingerprint density at radius 3 is 2.42 bits per heavy atom. The lowest BCUT2D eigenvalue weighted by molar-refractivity contribution is 0.217. The van der Waals surface area contributed by atoms with Crippen LogP contribution in [0, 0.1) is 0 Å². The molecule has 6 heteroatoms. The van der Waals surface area contributed by atoms with Gasteiger partial charge in [-0.3, -0.25) is 0 Å². The van der Waals surface area contributed by atoms with E-state index in [1.165, 1.54) is 11.3 Å². The summed E-state index contributed by atoms with van der Waals surface area (Å²) >= 11 is 10.6. The molecular formula is C13H12BrClO3S. The average Bonchev–Trinajstić information content (AvgIpc) is 2.84. The molecule has 0 amide bonds. The molecule has 1 N–H and O–H groups in total. The van der Waals surface area contributed by atoms with Crippen LogP contribution in [0.1, 0.15) is 16.5 Å². The maximum atomic E-state index is 10.4. The summed E-state index contributed by atoms with van der Waals surface area (Å²) in [5.41, 5.74) is 0.640. The van der Waals surface area contributed by atoms with Gasteiger partial charge in [0.2, 0.25) is 0 Å². The minimum Gasteiger partial charge on any atom is -0.496 e. The van der Waals surface area contributed by atoms with Gasteiger partial charge in [-0.05, 0) is 40.2 Å². The van der Waals surface area contributed by atoms with Crippen LogP contribution in [0.3, 0.4) is 0 Å². The van der Waals surface area contributed by atoms with Crippen molar-refractivity contribution in [3.63, 3.8) is 0 Å². The van der Waals surface area contributed by atoms with Crippen LogP contribution < -0.4 is 9.47 Å². The van der Waals surface area contributed by atoms with Crippen molar-refractivity contribution in [3.8, 4) is 11.5 Å². The van der Waals surface area contributed by atoms with E-state index in [9.17, 15) is 5.11 Å². The molecule has 1 heterocycles. The maximum absolute atomic E-state index is 10.4. The van der Waals surface area contributed by atoms with Crippen LogP contribution in [-0.2, 0) is 0 Å². The molecule has 3 nitrogen and oxygen atoms in total. The topological polar surface area (TPSA) is 38.7 Å². The Labute approximate surface area is 128 Å². The van der Waals surface area contributed by atoms with E-state index in [4.69, 9.17) is 21.1 Å². The molecule has 1 unspecified atom stereocenters. The third-order valence-corrected chi connectivity index (χ3v) is 4.57. The molecule has 0 aliphatic rings. The lowest BCUT2D eigenvalue weighted by Crippen LogP contribution is -2.02. The summed E-state index contributed by atoms with van der Waals surface area (Å²) in [5.74, 6) is 1.22. The first-order valence-electron chi connectivity index (χ1n) is 5.41. The summed E-state index contributed by atoms with van der Waals surface area (Å²) in [6.45, 7) is 0. The highest BCUT2D eigenvalue weighted by atomic mass is 79.9. The Bertz CT molecular complexity index is 585. The van der Waals surface area contributed by atoms with Crippen LogP contribution >= 0.6 is 38.9 Å². The van der Waals surface area contributed by atoms with Gasteiger partial charge in [0.1, 0.15) is 17.6 Å². The fourth-order valence-electron chi connectivity index (χ4n) is 1.73. The molecule has 1 aromatic carbocycles. The summed E-state index contributed by atoms with van der Waals surface area (Å²) in [7, 11) is 3.14. The highest BCUT2D eigenvalue weighted by molar-refractivity contribution is 9.10. The fraction of sp³-hybridized carbons (Fsp3) is 0.231. The molecule has 0 spiro atoms. The molecule has 0 aliphatic heterocycles. The van der Waals surface area contributed by atoms with Gasteiger partial charge in [-0.15, -0.1) is 11.3 Å². The molecular weight excluding hydrogens is 352 g/mol. The molecule has 1 aromatic heterocycles. The Morgan fingerprint density at radius 2 is 1.89 bits per heavy atom. The Balaban J connectivity index is 2.48. The summed E-state index contributed by atoms with van der Waals surface area (Å²) in [4.78, 5) is 0.757. The van der Waals surface area contributed by atoms with Crippen molar-refractivity contribution < 1.29 is 14.6 Å². The second kappa shape index (κ2) is 6.13. The van der Waals surface area contributed by atoms with Crippen molar-refractivity contribution in [2.75, 3.05) is 14.2 Å². The standard InChI is InChI=1S/C13H12BrClO3S/c1-17-9-6-8(14)10(18-2)5-7(9)13(16)11-3-4-12(15)19-11/h3-6,13,16H,1-2H3. The van der Waals surface area contributed by atoms with Gasteiger partial charge in [0.25, 0.3) is 0 Å². The van der Waals surface area contributed by atoms with Crippen molar-refractivity contribution in [3.05, 3.63) is 43.5 Å². The Kier molecular flexibility index (Phi) is 4.73. The fourth-order valence-corrected chi connectivity index (χ4v) is 3.28. The summed E-state index contributed by atoms with van der Waals surface area (Å²) in [6.07, 6.45) is -0.797. The number of thiophene rings is 1. The zero-order valence-electron chi connectivity index (χ0n) is 10.3. The second-order valence-electron chi connectivity index (χ2n) is 3.77. The molecule has 0 bridgehead atoms. The molecule has 0 aliphatic carbocycles. The van der Waals surface area contributed by atoms with Crippen LogP contribution in [-0.4, -0.2) is 19.3 Å². The SMILES string of the molecule is COc1cc(C(O)c2ccc(Cl)s2)c(OC)cc1Br. The van der Waals surface area contributed by atoms with Gasteiger partial charge in [-0.1, -0.05) is 11.6 Å². The average molecular weight is 364 g/mol. The molecule has 102 valence electrons. The van der Waals surface area contributed by atoms with E-state index in [0.717, 1.165) is 9.35 Å². The van der Waals surface area contributed by atoms with Crippen molar-refractivity contribution in [2.45, 2.75) is 6.10 Å². The minimum atomic E-state index is -0.797. The maximum Gasteiger partial charge on any atom is 0.133 e. The summed E-state index contributed by atoms with van der Waals surface area (Å²) < 4.78 is 11.9. The van der Waals surface area contributed by atoms with Gasteiger partial charge in [0, 0.05) is 10.4 Å². The van der Waals surface area contributed by atoms with E-state index in [1.807, 2.05) is 0 Å². The monoisotopic (exact) mass is 362 g/mol. The predicted molar refractivity (Wildman–Crippen MR) is 80.6 cm³/mol. The lowest BCUT2D eigenvalue weighted by Gasteiger charge is -2.16. The van der Waals surface area contributed by atoms with Gasteiger partial charge in [0.15, 0.2) is 0 Å². The summed E-state index contributed by atoms with van der Waals surface area (Å²) in [5, 5.41) is 10.4. The molecule has 19 heavy (non-hydrogen) atoms. The second-order valence-corrected chi connectivity index (χ2v) is 6.37. The van der Waals surface area contributed by atoms with Gasteiger partial charge < -0.3 is 14.6 Å². The van der Waals surface area contributed by atoms with Crippen molar-refractivity contribution in [1.29, 1.82) is 0 Å². The highest BCUT2D eigenvalue weighted by Gasteiger charge is 2.19. The number of hydrogen-bond donors (Lipinski definition) is 1. The van der Waals surface area contributed by atoms with Crippen LogP contribution in [0.4, 0.5) is 0 Å². The predicted octanol–water partition coefficient (Wildman–Crippen LogP) is 4.26. The molecule has 2 rings (SSSR count).